The topological polar surface area (TPSA) is 111 Å². The van der Waals surface area contributed by atoms with Gasteiger partial charge >= 0.3 is 0 Å². The van der Waals surface area contributed by atoms with Crippen LogP contribution in [0, 0.1) is 0 Å². The Kier molecular flexibility index (Phi) is 5.58. The summed E-state index contributed by atoms with van der Waals surface area (Å²) in [6, 6.07) is 11.2. The number of aryl methyl sites for hydroxylation is 1. The van der Waals surface area contributed by atoms with Crippen LogP contribution in [0.1, 0.15) is 47.6 Å². The molecule has 2 aliphatic heterocycles. The summed E-state index contributed by atoms with van der Waals surface area (Å²) in [5.74, 6) is 3.04. The number of aromatic nitrogens is 6. The monoisotopic (exact) mass is 496 g/mol. The highest BCUT2D eigenvalue weighted by Gasteiger charge is 2.34. The molecule has 2 aliphatic rings. The zero-order valence-electron chi connectivity index (χ0n) is 21.1. The van der Waals surface area contributed by atoms with Crippen LogP contribution < -0.4 is 15.0 Å². The molecule has 6 rings (SSSR count). The number of anilines is 2. The number of pyridine rings is 1. The first-order valence-electron chi connectivity index (χ1n) is 12.4. The van der Waals surface area contributed by atoms with Crippen molar-refractivity contribution >= 4 is 17.7 Å². The Morgan fingerprint density at radius 2 is 1.89 bits per heavy atom. The summed E-state index contributed by atoms with van der Waals surface area (Å²) in [5.41, 5.74) is 3.25. The Morgan fingerprint density at radius 1 is 1.05 bits per heavy atom. The van der Waals surface area contributed by atoms with Gasteiger partial charge in [-0.05, 0) is 68.1 Å². The first kappa shape index (κ1) is 23.1. The van der Waals surface area contributed by atoms with Gasteiger partial charge in [0, 0.05) is 37.4 Å². The first-order valence-corrected chi connectivity index (χ1v) is 12.4. The minimum absolute atomic E-state index is 0.0791. The van der Waals surface area contributed by atoms with Gasteiger partial charge in [-0.2, -0.15) is 0 Å². The molecule has 0 unspecified atom stereocenters. The van der Waals surface area contributed by atoms with Gasteiger partial charge in [0.25, 0.3) is 5.91 Å². The Bertz CT molecular complexity index is 1480. The molecule has 0 fully saturated rings. The second-order valence-corrected chi connectivity index (χ2v) is 9.99. The molecule has 0 saturated carbocycles. The molecule has 0 bridgehead atoms. The van der Waals surface area contributed by atoms with Crippen LogP contribution >= 0.6 is 0 Å². The summed E-state index contributed by atoms with van der Waals surface area (Å²) in [6.45, 7) is 5.77. The number of carbonyl (C=O) groups is 1. The van der Waals surface area contributed by atoms with Crippen molar-refractivity contribution in [2.75, 3.05) is 23.9 Å². The molecule has 1 aromatic carbocycles. The number of carbonyl (C=O) groups excluding carboxylic acids is 1. The Morgan fingerprint density at radius 3 is 2.70 bits per heavy atom. The number of hydrogen-bond acceptors (Lipinski definition) is 8. The Labute approximate surface area is 214 Å². The number of benzene rings is 1. The largest absolute Gasteiger partial charge is 0.496 e. The summed E-state index contributed by atoms with van der Waals surface area (Å²) in [7, 11) is 1.58. The molecule has 3 aromatic heterocycles. The van der Waals surface area contributed by atoms with Gasteiger partial charge in [-0.1, -0.05) is 6.07 Å². The molecular weight excluding hydrogens is 468 g/mol. The van der Waals surface area contributed by atoms with E-state index in [1.165, 1.54) is 0 Å². The molecule has 1 amide bonds. The van der Waals surface area contributed by atoms with Crippen LogP contribution in [0.3, 0.4) is 0 Å². The van der Waals surface area contributed by atoms with E-state index in [4.69, 9.17) is 9.72 Å². The molecule has 5 heterocycles. The smallest absolute Gasteiger partial charge is 0.260 e. The summed E-state index contributed by atoms with van der Waals surface area (Å²) in [6.07, 6.45) is 6.19. The standard InChI is InChI=1S/C27H28N8O2/c1-27(2)10-8-23-32-33-24(35(23)27)20-6-4-7-22(30-20)31-25(36)19-14-18-16-34(26-28-11-5-12-29-26)13-9-17(18)15-21(19)37-3/h4-7,11-12,14-15H,8-10,13,16H2,1-3H3,(H,30,31,36). The molecule has 10 heteroatoms. The predicted octanol–water partition coefficient (Wildman–Crippen LogP) is 3.64. The van der Waals surface area contributed by atoms with Crippen LogP contribution in [0.2, 0.25) is 0 Å². The third-order valence-electron chi connectivity index (χ3n) is 7.13. The van der Waals surface area contributed by atoms with Gasteiger partial charge in [-0.15, -0.1) is 10.2 Å². The SMILES string of the molecule is COc1cc2c(cc1C(=O)Nc1cccc(-c3nnc4n3C(C)(C)CC4)n1)CN(c1ncccn1)CC2. The van der Waals surface area contributed by atoms with Gasteiger partial charge < -0.3 is 19.5 Å². The lowest BCUT2D eigenvalue weighted by Crippen LogP contribution is -2.32. The molecule has 4 aromatic rings. The van der Waals surface area contributed by atoms with Crippen LogP contribution in [0.25, 0.3) is 11.5 Å². The second kappa shape index (κ2) is 8.95. The molecular formula is C27H28N8O2. The third-order valence-corrected chi connectivity index (χ3v) is 7.13. The van der Waals surface area contributed by atoms with Crippen LogP contribution in [0.5, 0.6) is 5.75 Å². The third kappa shape index (κ3) is 4.18. The molecule has 0 saturated heterocycles. The van der Waals surface area contributed by atoms with Crippen molar-refractivity contribution in [2.24, 2.45) is 0 Å². The summed E-state index contributed by atoms with van der Waals surface area (Å²) < 4.78 is 7.74. The number of hydrogen-bond donors (Lipinski definition) is 1. The summed E-state index contributed by atoms with van der Waals surface area (Å²) in [4.78, 5) is 29.0. The molecule has 0 spiro atoms. The zero-order valence-corrected chi connectivity index (χ0v) is 21.1. The van der Waals surface area contributed by atoms with E-state index in [2.05, 4.69) is 48.8 Å². The van der Waals surface area contributed by atoms with Crippen molar-refractivity contribution in [3.63, 3.8) is 0 Å². The van der Waals surface area contributed by atoms with Gasteiger partial charge in [-0.3, -0.25) is 4.79 Å². The highest BCUT2D eigenvalue weighted by atomic mass is 16.5. The molecule has 188 valence electrons. The van der Waals surface area contributed by atoms with Gasteiger partial charge in [0.15, 0.2) is 5.82 Å². The number of nitrogens with one attached hydrogen (secondary N) is 1. The van der Waals surface area contributed by atoms with Crippen molar-refractivity contribution in [3.8, 4) is 17.3 Å². The number of ether oxygens (including phenoxy) is 1. The lowest BCUT2D eigenvalue weighted by atomic mass is 9.96. The fraction of sp³-hybridized carbons (Fsp3) is 0.333. The van der Waals surface area contributed by atoms with Crippen molar-refractivity contribution < 1.29 is 9.53 Å². The van der Waals surface area contributed by atoms with E-state index >= 15 is 0 Å². The van der Waals surface area contributed by atoms with Crippen LogP contribution in [0.15, 0.2) is 48.8 Å². The molecule has 37 heavy (non-hydrogen) atoms. The minimum Gasteiger partial charge on any atom is -0.496 e. The van der Waals surface area contributed by atoms with Gasteiger partial charge in [0.1, 0.15) is 23.1 Å². The van der Waals surface area contributed by atoms with E-state index in [1.807, 2.05) is 24.3 Å². The van der Waals surface area contributed by atoms with Crippen LogP contribution in [-0.4, -0.2) is 49.3 Å². The van der Waals surface area contributed by atoms with Crippen molar-refractivity contribution in [1.82, 2.24) is 29.7 Å². The second-order valence-electron chi connectivity index (χ2n) is 9.99. The molecule has 0 atom stereocenters. The van der Waals surface area contributed by atoms with E-state index < -0.39 is 0 Å². The van der Waals surface area contributed by atoms with E-state index in [1.54, 1.807) is 31.6 Å². The lowest BCUT2D eigenvalue weighted by Gasteiger charge is -2.29. The maximum atomic E-state index is 13.4. The quantitative estimate of drug-likeness (QED) is 0.446. The zero-order chi connectivity index (χ0) is 25.6. The maximum absolute atomic E-state index is 13.4. The number of fused-ring (bicyclic) bond motifs is 2. The highest BCUT2D eigenvalue weighted by molar-refractivity contribution is 6.06. The number of nitrogens with zero attached hydrogens (tertiary/aromatic N) is 7. The maximum Gasteiger partial charge on any atom is 0.260 e. The van der Waals surface area contributed by atoms with Gasteiger partial charge in [0.05, 0.1) is 12.7 Å². The number of amides is 1. The molecule has 0 aliphatic carbocycles. The lowest BCUT2D eigenvalue weighted by molar-refractivity contribution is 0.102. The average Bonchev–Trinajstić information content (AvgIpc) is 3.49. The first-order chi connectivity index (χ1) is 17.9. The van der Waals surface area contributed by atoms with E-state index in [0.717, 1.165) is 42.8 Å². The van der Waals surface area contributed by atoms with Crippen LogP contribution in [0.4, 0.5) is 11.8 Å². The normalized spacial score (nSPS) is 15.7. The van der Waals surface area contributed by atoms with Crippen molar-refractivity contribution in [1.29, 1.82) is 0 Å². The van der Waals surface area contributed by atoms with Crippen LogP contribution in [-0.2, 0) is 24.9 Å². The molecule has 10 nitrogen and oxygen atoms in total. The van der Waals surface area contributed by atoms with Crippen molar-refractivity contribution in [2.45, 2.75) is 45.2 Å². The highest BCUT2D eigenvalue weighted by Crippen LogP contribution is 2.35. The van der Waals surface area contributed by atoms with E-state index in [-0.39, 0.29) is 11.4 Å². The molecule has 1 N–H and O–H groups in total. The summed E-state index contributed by atoms with van der Waals surface area (Å²) >= 11 is 0. The van der Waals surface area contributed by atoms with E-state index in [9.17, 15) is 4.79 Å². The number of methoxy groups -OCH3 is 1. The van der Waals surface area contributed by atoms with Gasteiger partial charge in [-0.25, -0.2) is 15.0 Å². The minimum atomic E-state index is -0.288. The Hall–Kier alpha value is -4.34. The fourth-order valence-electron chi connectivity index (χ4n) is 5.18. The van der Waals surface area contributed by atoms with Crippen molar-refractivity contribution in [3.05, 3.63) is 71.3 Å². The average molecular weight is 497 g/mol. The fourth-order valence-corrected chi connectivity index (χ4v) is 5.18. The Balaban J connectivity index is 1.27. The van der Waals surface area contributed by atoms with Gasteiger partial charge in [0.2, 0.25) is 5.95 Å². The molecule has 0 radical (unpaired) electrons. The van der Waals surface area contributed by atoms with E-state index in [0.29, 0.717) is 41.1 Å². The predicted molar refractivity (Wildman–Crippen MR) is 139 cm³/mol. The summed E-state index contributed by atoms with van der Waals surface area (Å²) in [5, 5.41) is 11.7. The number of rotatable bonds is 5.